The predicted molar refractivity (Wildman–Crippen MR) is 82.0 cm³/mol. The monoisotopic (exact) mass is 355 g/mol. The van der Waals surface area contributed by atoms with Gasteiger partial charge in [0.15, 0.2) is 0 Å². The number of aromatic nitrogens is 2. The maximum Gasteiger partial charge on any atom is 0.261 e. The summed E-state index contributed by atoms with van der Waals surface area (Å²) in [6.45, 7) is 0.585. The third kappa shape index (κ3) is 2.88. The average Bonchev–Trinajstić information content (AvgIpc) is 3.04. The number of imidazole rings is 1. The summed E-state index contributed by atoms with van der Waals surface area (Å²) in [5.41, 5.74) is 0. The molecule has 0 spiro atoms. The summed E-state index contributed by atoms with van der Waals surface area (Å²) < 4.78 is 2.27. The lowest BCUT2D eigenvalue weighted by atomic mass is 10.3. The minimum atomic E-state index is -0.0175. The van der Waals surface area contributed by atoms with Gasteiger partial charge in [-0.2, -0.15) is 0 Å². The largest absolute Gasteiger partial charge is 0.351 e. The predicted octanol–water partition coefficient (Wildman–Crippen LogP) is 3.42. The van der Waals surface area contributed by atoms with Crippen LogP contribution < -0.4 is 5.32 Å². The van der Waals surface area contributed by atoms with E-state index in [1.54, 1.807) is 23.7 Å². The number of carbonyl (C=O) groups excluding carboxylic acids is 1. The van der Waals surface area contributed by atoms with Crippen LogP contribution in [0.1, 0.15) is 15.5 Å². The van der Waals surface area contributed by atoms with Crippen molar-refractivity contribution in [1.82, 2.24) is 15.3 Å². The number of amides is 1. The fourth-order valence-corrected chi connectivity index (χ4v) is 4.88. The van der Waals surface area contributed by atoms with Gasteiger partial charge in [-0.25, -0.2) is 4.98 Å². The van der Waals surface area contributed by atoms with E-state index >= 15 is 0 Å². The summed E-state index contributed by atoms with van der Waals surface area (Å²) in [6.07, 6.45) is 4.20. The Morgan fingerprint density at radius 2 is 2.32 bits per heavy atom. The van der Waals surface area contributed by atoms with E-state index in [2.05, 4.69) is 31.2 Å². The third-order valence-electron chi connectivity index (χ3n) is 2.61. The van der Waals surface area contributed by atoms with E-state index in [1.165, 1.54) is 15.4 Å². The summed E-state index contributed by atoms with van der Waals surface area (Å²) in [6, 6.07) is 3.97. The highest BCUT2D eigenvalue weighted by atomic mass is 79.9. The summed E-state index contributed by atoms with van der Waals surface area (Å²) in [7, 11) is 0. The number of hydrogen-bond acceptors (Lipinski definition) is 4. The number of H-pyrrole nitrogens is 1. The first-order valence-electron chi connectivity index (χ1n) is 5.68. The van der Waals surface area contributed by atoms with Crippen molar-refractivity contribution >= 4 is 53.9 Å². The number of nitrogens with one attached hydrogen (secondary N) is 2. The van der Waals surface area contributed by atoms with E-state index in [-0.39, 0.29) is 5.91 Å². The second-order valence-corrected chi connectivity index (χ2v) is 7.69. The molecule has 0 atom stereocenters. The Labute approximate surface area is 126 Å². The highest BCUT2D eigenvalue weighted by Crippen LogP contribution is 2.35. The molecule has 98 valence electrons. The molecule has 0 saturated carbocycles. The van der Waals surface area contributed by atoms with Gasteiger partial charge in [0.2, 0.25) is 0 Å². The van der Waals surface area contributed by atoms with Crippen molar-refractivity contribution < 1.29 is 4.79 Å². The molecule has 3 aromatic heterocycles. The lowest BCUT2D eigenvalue weighted by Gasteiger charge is -2.01. The van der Waals surface area contributed by atoms with Gasteiger partial charge in [0.25, 0.3) is 5.91 Å². The number of hydrogen-bond donors (Lipinski definition) is 2. The molecule has 4 nitrogen and oxygen atoms in total. The first-order valence-corrected chi connectivity index (χ1v) is 8.10. The molecule has 0 radical (unpaired) electrons. The molecule has 7 heteroatoms. The van der Waals surface area contributed by atoms with E-state index in [1.807, 2.05) is 12.1 Å². The number of thiophene rings is 2. The molecular formula is C12H10BrN3OS2. The highest BCUT2D eigenvalue weighted by molar-refractivity contribution is 9.11. The SMILES string of the molecule is O=C(NCCc1ncc[nH]1)c1cc2cc(Br)sc2s1. The smallest absolute Gasteiger partial charge is 0.261 e. The van der Waals surface area contributed by atoms with Gasteiger partial charge in [0, 0.05) is 30.7 Å². The lowest BCUT2D eigenvalue weighted by molar-refractivity contribution is 0.0958. The minimum absolute atomic E-state index is 0.0175. The second-order valence-electron chi connectivity index (χ2n) is 3.95. The molecule has 19 heavy (non-hydrogen) atoms. The van der Waals surface area contributed by atoms with Gasteiger partial charge >= 0.3 is 0 Å². The molecule has 2 N–H and O–H groups in total. The van der Waals surface area contributed by atoms with E-state index in [4.69, 9.17) is 0 Å². The Hall–Kier alpha value is -1.18. The summed E-state index contributed by atoms with van der Waals surface area (Å²) in [5.74, 6) is 0.868. The first-order chi connectivity index (χ1) is 9.22. The van der Waals surface area contributed by atoms with Crippen LogP contribution in [-0.4, -0.2) is 22.4 Å². The molecule has 0 bridgehead atoms. The number of fused-ring (bicyclic) bond motifs is 1. The topological polar surface area (TPSA) is 57.8 Å². The Bertz CT molecular complexity index is 670. The second kappa shape index (κ2) is 5.44. The standard InChI is InChI=1S/C12H10BrN3OS2/c13-9-6-7-5-8(18-12(7)19-9)11(17)16-2-1-10-14-3-4-15-10/h3-6H,1-2H2,(H,14,15)(H,16,17). The highest BCUT2D eigenvalue weighted by Gasteiger charge is 2.11. The zero-order valence-corrected chi connectivity index (χ0v) is 13.0. The number of carbonyl (C=O) groups is 1. The number of aromatic amines is 1. The third-order valence-corrected chi connectivity index (χ3v) is 5.50. The fourth-order valence-electron chi connectivity index (χ4n) is 1.74. The molecule has 0 unspecified atom stereocenters. The van der Waals surface area contributed by atoms with E-state index in [0.29, 0.717) is 13.0 Å². The zero-order chi connectivity index (χ0) is 13.2. The van der Waals surface area contributed by atoms with Crippen LogP contribution in [-0.2, 0) is 6.42 Å². The summed E-state index contributed by atoms with van der Waals surface area (Å²) in [4.78, 5) is 19.9. The van der Waals surface area contributed by atoms with Crippen LogP contribution in [0.25, 0.3) is 9.40 Å². The number of rotatable bonds is 4. The van der Waals surface area contributed by atoms with Gasteiger partial charge in [0.1, 0.15) is 5.82 Å². The van der Waals surface area contributed by atoms with Crippen LogP contribution in [0.4, 0.5) is 0 Å². The maximum absolute atomic E-state index is 12.0. The van der Waals surface area contributed by atoms with Crippen molar-refractivity contribution in [2.75, 3.05) is 6.54 Å². The maximum atomic E-state index is 12.0. The molecule has 1 amide bonds. The Kier molecular flexibility index (Phi) is 3.67. The normalized spacial score (nSPS) is 11.0. The van der Waals surface area contributed by atoms with Crippen molar-refractivity contribution in [2.24, 2.45) is 0 Å². The fraction of sp³-hybridized carbons (Fsp3) is 0.167. The van der Waals surface area contributed by atoms with Gasteiger partial charge in [-0.1, -0.05) is 0 Å². The lowest BCUT2D eigenvalue weighted by Crippen LogP contribution is -2.25. The zero-order valence-electron chi connectivity index (χ0n) is 9.77. The van der Waals surface area contributed by atoms with E-state index in [0.717, 1.165) is 19.9 Å². The minimum Gasteiger partial charge on any atom is -0.351 e. The molecule has 0 saturated heterocycles. The molecule has 0 aromatic carbocycles. The van der Waals surface area contributed by atoms with Crippen LogP contribution >= 0.6 is 38.6 Å². The molecular weight excluding hydrogens is 346 g/mol. The Morgan fingerprint density at radius 1 is 1.42 bits per heavy atom. The molecule has 3 rings (SSSR count). The Morgan fingerprint density at radius 3 is 3.05 bits per heavy atom. The van der Waals surface area contributed by atoms with Crippen LogP contribution in [0.5, 0.6) is 0 Å². The average molecular weight is 356 g/mol. The molecule has 0 aliphatic heterocycles. The van der Waals surface area contributed by atoms with Crippen LogP contribution in [0.3, 0.4) is 0 Å². The van der Waals surface area contributed by atoms with Gasteiger partial charge in [-0.3, -0.25) is 4.79 Å². The van der Waals surface area contributed by atoms with Gasteiger partial charge in [-0.15, -0.1) is 22.7 Å². The molecule has 3 aromatic rings. The molecule has 0 aliphatic carbocycles. The van der Waals surface area contributed by atoms with Crippen LogP contribution in [0.2, 0.25) is 0 Å². The van der Waals surface area contributed by atoms with Crippen molar-refractivity contribution in [3.05, 3.63) is 39.0 Å². The van der Waals surface area contributed by atoms with Gasteiger partial charge < -0.3 is 10.3 Å². The summed E-state index contributed by atoms with van der Waals surface area (Å²) >= 11 is 6.62. The number of nitrogens with zero attached hydrogens (tertiary/aromatic N) is 1. The van der Waals surface area contributed by atoms with Crippen molar-refractivity contribution in [2.45, 2.75) is 6.42 Å². The van der Waals surface area contributed by atoms with Gasteiger partial charge in [0.05, 0.1) is 12.7 Å². The first kappa shape index (κ1) is 12.8. The summed E-state index contributed by atoms with van der Waals surface area (Å²) in [5, 5.41) is 4.03. The number of halogens is 1. The van der Waals surface area contributed by atoms with E-state index < -0.39 is 0 Å². The molecule has 0 aliphatic rings. The quantitative estimate of drug-likeness (QED) is 0.753. The Balaban J connectivity index is 1.61. The van der Waals surface area contributed by atoms with E-state index in [9.17, 15) is 4.79 Å². The molecule has 3 heterocycles. The molecule has 0 fully saturated rings. The van der Waals surface area contributed by atoms with Crippen LogP contribution in [0.15, 0.2) is 28.3 Å². The van der Waals surface area contributed by atoms with Crippen molar-refractivity contribution in [3.8, 4) is 0 Å². The van der Waals surface area contributed by atoms with Crippen molar-refractivity contribution in [1.29, 1.82) is 0 Å². The van der Waals surface area contributed by atoms with Crippen LogP contribution in [0, 0.1) is 0 Å². The van der Waals surface area contributed by atoms with Crippen molar-refractivity contribution in [3.63, 3.8) is 0 Å². The van der Waals surface area contributed by atoms with Gasteiger partial charge in [-0.05, 0) is 28.1 Å².